The quantitative estimate of drug-likeness (QED) is 0.0541. The highest BCUT2D eigenvalue weighted by molar-refractivity contribution is 6.02. The van der Waals surface area contributed by atoms with Crippen LogP contribution in [-0.4, -0.2) is 48.6 Å². The van der Waals surface area contributed by atoms with E-state index in [1.54, 1.807) is 31.2 Å². The molecule has 0 aliphatic carbocycles. The number of benzene rings is 1. The van der Waals surface area contributed by atoms with E-state index in [4.69, 9.17) is 9.47 Å². The van der Waals surface area contributed by atoms with Gasteiger partial charge in [0.1, 0.15) is 25.4 Å². The molecular formula is C43H72O6. The molecular weight excluding hydrogens is 612 g/mol. The van der Waals surface area contributed by atoms with Crippen LogP contribution in [0, 0.1) is 11.8 Å². The molecule has 0 amide bonds. The number of ether oxygens (including phenoxy) is 2. The average Bonchev–Trinajstić information content (AvgIpc) is 3.08. The maximum Gasteiger partial charge on any atom is 0.188 e. The van der Waals surface area contributed by atoms with Crippen molar-refractivity contribution in [1.29, 1.82) is 0 Å². The summed E-state index contributed by atoms with van der Waals surface area (Å²) < 4.78 is 11.6. The van der Waals surface area contributed by atoms with Crippen molar-refractivity contribution in [3.8, 4) is 0 Å². The van der Waals surface area contributed by atoms with Gasteiger partial charge in [-0.05, 0) is 37.2 Å². The van der Waals surface area contributed by atoms with Gasteiger partial charge in [-0.2, -0.15) is 0 Å². The van der Waals surface area contributed by atoms with Crippen LogP contribution in [0.5, 0.6) is 0 Å². The maximum atomic E-state index is 13.1. The molecule has 1 aromatic carbocycles. The third-order valence-electron chi connectivity index (χ3n) is 9.30. The fourth-order valence-electron chi connectivity index (χ4n) is 6.24. The lowest BCUT2D eigenvalue weighted by Gasteiger charge is -2.19. The normalized spacial score (nSPS) is 12.8. The standard InChI is InChI=1S/C43H72O6/c1-7-9-10-11-12-13-14-15-16-17-18-19-20-21-22-23-24-28-39(45)43(30-35(5)6)49-33-41(47)37-27-25-26-36(31-37)40(46)32-48-42(29-34(3)4)38(44)8-2/h25-27,31,34-35,42-43H,7-24,28-30,32-33H2,1-6H3/t42-,43-/m1/s1. The van der Waals surface area contributed by atoms with Crippen LogP contribution in [0.3, 0.4) is 0 Å². The Hall–Kier alpha value is -2.18. The third kappa shape index (κ3) is 22.3. The number of unbranched alkanes of at least 4 members (excludes halogenated alkanes) is 16. The minimum absolute atomic E-state index is 0.0156. The van der Waals surface area contributed by atoms with Gasteiger partial charge in [0.05, 0.1) is 0 Å². The van der Waals surface area contributed by atoms with Crippen molar-refractivity contribution < 1.29 is 28.7 Å². The summed E-state index contributed by atoms with van der Waals surface area (Å²) in [4.78, 5) is 51.3. The number of carbonyl (C=O) groups is 4. The van der Waals surface area contributed by atoms with E-state index in [9.17, 15) is 19.2 Å². The predicted octanol–water partition coefficient (Wildman–Crippen LogP) is 11.5. The first-order valence-corrected chi connectivity index (χ1v) is 20.0. The lowest BCUT2D eigenvalue weighted by Crippen LogP contribution is -2.29. The van der Waals surface area contributed by atoms with Crippen molar-refractivity contribution in [2.24, 2.45) is 11.8 Å². The van der Waals surface area contributed by atoms with E-state index in [0.29, 0.717) is 36.8 Å². The Bertz CT molecular complexity index is 1040. The van der Waals surface area contributed by atoms with Crippen molar-refractivity contribution in [2.75, 3.05) is 13.2 Å². The molecule has 1 rings (SSSR count). The zero-order chi connectivity index (χ0) is 36.3. The van der Waals surface area contributed by atoms with Gasteiger partial charge in [-0.25, -0.2) is 0 Å². The molecule has 0 N–H and O–H groups in total. The first-order valence-electron chi connectivity index (χ1n) is 20.0. The molecule has 0 unspecified atom stereocenters. The molecule has 0 bridgehead atoms. The van der Waals surface area contributed by atoms with Crippen LogP contribution in [0.25, 0.3) is 0 Å². The Morgan fingerprint density at radius 3 is 1.27 bits per heavy atom. The highest BCUT2D eigenvalue weighted by Gasteiger charge is 2.23. The van der Waals surface area contributed by atoms with Gasteiger partial charge in [-0.15, -0.1) is 0 Å². The van der Waals surface area contributed by atoms with E-state index in [1.807, 2.05) is 13.8 Å². The van der Waals surface area contributed by atoms with E-state index < -0.39 is 12.2 Å². The number of carbonyl (C=O) groups excluding carboxylic acids is 4. The maximum absolute atomic E-state index is 13.1. The summed E-state index contributed by atoms with van der Waals surface area (Å²) in [7, 11) is 0. The molecule has 0 saturated heterocycles. The van der Waals surface area contributed by atoms with Crippen LogP contribution in [0.2, 0.25) is 0 Å². The van der Waals surface area contributed by atoms with Crippen LogP contribution in [-0.2, 0) is 19.1 Å². The highest BCUT2D eigenvalue weighted by atomic mass is 16.5. The number of hydrogen-bond acceptors (Lipinski definition) is 6. The zero-order valence-corrected chi connectivity index (χ0v) is 32.3. The second kappa shape index (κ2) is 28.5. The topological polar surface area (TPSA) is 86.7 Å². The van der Waals surface area contributed by atoms with E-state index in [1.165, 1.54) is 89.9 Å². The van der Waals surface area contributed by atoms with E-state index >= 15 is 0 Å². The number of Topliss-reactive ketones (excluding diaryl/α,β-unsaturated/α-hetero) is 4. The third-order valence-corrected chi connectivity index (χ3v) is 9.30. The summed E-state index contributed by atoms with van der Waals surface area (Å²) in [5.74, 6) is 0.0320. The van der Waals surface area contributed by atoms with Gasteiger partial charge >= 0.3 is 0 Å². The molecule has 1 aromatic rings. The lowest BCUT2D eigenvalue weighted by molar-refractivity contribution is -0.131. The second-order valence-electron chi connectivity index (χ2n) is 15.0. The number of ketones is 4. The summed E-state index contributed by atoms with van der Waals surface area (Å²) in [5, 5.41) is 0. The van der Waals surface area contributed by atoms with Gasteiger partial charge in [-0.1, -0.05) is 162 Å². The van der Waals surface area contributed by atoms with E-state index in [-0.39, 0.29) is 48.2 Å². The van der Waals surface area contributed by atoms with Gasteiger partial charge in [0, 0.05) is 24.0 Å². The molecule has 6 nitrogen and oxygen atoms in total. The van der Waals surface area contributed by atoms with Crippen LogP contribution in [0.4, 0.5) is 0 Å². The van der Waals surface area contributed by atoms with Crippen molar-refractivity contribution in [1.82, 2.24) is 0 Å². The first-order chi connectivity index (χ1) is 23.6. The summed E-state index contributed by atoms with van der Waals surface area (Å²) in [6.45, 7) is 11.8. The highest BCUT2D eigenvalue weighted by Crippen LogP contribution is 2.18. The van der Waals surface area contributed by atoms with Gasteiger partial charge in [-0.3, -0.25) is 19.2 Å². The van der Waals surface area contributed by atoms with Crippen LogP contribution >= 0.6 is 0 Å². The van der Waals surface area contributed by atoms with Crippen LogP contribution in [0.1, 0.15) is 197 Å². The predicted molar refractivity (Wildman–Crippen MR) is 203 cm³/mol. The smallest absolute Gasteiger partial charge is 0.188 e. The van der Waals surface area contributed by atoms with Crippen LogP contribution in [0.15, 0.2) is 24.3 Å². The monoisotopic (exact) mass is 685 g/mol. The molecule has 0 heterocycles. The van der Waals surface area contributed by atoms with Gasteiger partial charge in [0.25, 0.3) is 0 Å². The van der Waals surface area contributed by atoms with Crippen molar-refractivity contribution in [3.63, 3.8) is 0 Å². The van der Waals surface area contributed by atoms with Gasteiger partial charge in [0.2, 0.25) is 0 Å². The minimum Gasteiger partial charge on any atom is -0.362 e. The summed E-state index contributed by atoms with van der Waals surface area (Å²) in [6.07, 6.45) is 22.9. The Labute approximate surface area is 300 Å². The van der Waals surface area contributed by atoms with Crippen molar-refractivity contribution >= 4 is 23.1 Å². The largest absolute Gasteiger partial charge is 0.362 e. The zero-order valence-electron chi connectivity index (χ0n) is 32.3. The van der Waals surface area contributed by atoms with E-state index in [0.717, 1.165) is 19.3 Å². The molecule has 280 valence electrons. The Balaban J connectivity index is 2.36. The molecule has 0 saturated carbocycles. The summed E-state index contributed by atoms with van der Waals surface area (Å²) in [6, 6.07) is 6.51. The minimum atomic E-state index is -0.605. The van der Waals surface area contributed by atoms with Gasteiger partial charge < -0.3 is 9.47 Å². The molecule has 0 radical (unpaired) electrons. The molecule has 2 atom stereocenters. The molecule has 6 heteroatoms. The lowest BCUT2D eigenvalue weighted by atomic mass is 9.98. The number of rotatable bonds is 33. The molecule has 0 aliphatic heterocycles. The Morgan fingerprint density at radius 1 is 0.531 bits per heavy atom. The Kier molecular flexibility index (Phi) is 26.1. The Morgan fingerprint density at radius 2 is 0.898 bits per heavy atom. The number of hydrogen-bond donors (Lipinski definition) is 0. The average molecular weight is 685 g/mol. The molecule has 0 aliphatic rings. The summed E-state index contributed by atoms with van der Waals surface area (Å²) >= 11 is 0. The van der Waals surface area contributed by atoms with Crippen molar-refractivity contribution in [3.05, 3.63) is 35.4 Å². The summed E-state index contributed by atoms with van der Waals surface area (Å²) in [5.41, 5.74) is 0.713. The molecule has 49 heavy (non-hydrogen) atoms. The van der Waals surface area contributed by atoms with Crippen molar-refractivity contribution in [2.45, 2.75) is 189 Å². The molecule has 0 fully saturated rings. The first kappa shape index (κ1) is 44.8. The second-order valence-corrected chi connectivity index (χ2v) is 15.0. The van der Waals surface area contributed by atoms with Crippen LogP contribution < -0.4 is 0 Å². The fourth-order valence-corrected chi connectivity index (χ4v) is 6.24. The van der Waals surface area contributed by atoms with Gasteiger partial charge in [0.15, 0.2) is 23.1 Å². The SMILES string of the molecule is CCCCCCCCCCCCCCCCCCCC(=O)[C@@H](CC(C)C)OCC(=O)c1cccc(C(=O)CO[C@H](CC(C)C)C(=O)CC)c1. The van der Waals surface area contributed by atoms with E-state index in [2.05, 4.69) is 20.8 Å². The fraction of sp³-hybridized carbons (Fsp3) is 0.767. The molecule has 0 aromatic heterocycles. The molecule has 0 spiro atoms.